The highest BCUT2D eigenvalue weighted by Gasteiger charge is 2.28. The first-order chi connectivity index (χ1) is 8.08. The Bertz CT molecular complexity index is 514. The van der Waals surface area contributed by atoms with E-state index in [0.29, 0.717) is 12.4 Å². The van der Waals surface area contributed by atoms with Crippen molar-refractivity contribution in [2.75, 3.05) is 13.6 Å². The molecule has 1 aromatic rings. The van der Waals surface area contributed by atoms with Crippen molar-refractivity contribution in [1.29, 1.82) is 0 Å². The molecule has 0 aliphatic heterocycles. The number of hydrogen-bond acceptors (Lipinski definition) is 4. The van der Waals surface area contributed by atoms with E-state index in [1.54, 1.807) is 25.3 Å². The third-order valence-electron chi connectivity index (χ3n) is 2.58. The summed E-state index contributed by atoms with van der Waals surface area (Å²) in [5.74, 6) is 0.660. The normalized spacial score (nSPS) is 13.3. The molecule has 104 valence electrons. The molecule has 6 nitrogen and oxygen atoms in total. The van der Waals surface area contributed by atoms with Crippen molar-refractivity contribution in [3.63, 3.8) is 0 Å². The molecule has 1 heterocycles. The zero-order chi connectivity index (χ0) is 14.1. The molecule has 0 bridgehead atoms. The predicted molar refractivity (Wildman–Crippen MR) is 68.8 cm³/mol. The van der Waals surface area contributed by atoms with Gasteiger partial charge in [0.05, 0.1) is 5.60 Å². The van der Waals surface area contributed by atoms with E-state index in [2.05, 4.69) is 4.98 Å². The Hall–Kier alpha value is -0.920. The summed E-state index contributed by atoms with van der Waals surface area (Å²) in [5, 5.41) is 9.69. The van der Waals surface area contributed by atoms with E-state index in [-0.39, 0.29) is 11.6 Å². The fraction of sp³-hybridized carbons (Fsp3) is 0.727. The minimum atomic E-state index is -3.64. The Morgan fingerprint density at radius 2 is 2.06 bits per heavy atom. The van der Waals surface area contributed by atoms with Gasteiger partial charge in [-0.3, -0.25) is 0 Å². The second kappa shape index (κ2) is 4.99. The van der Waals surface area contributed by atoms with E-state index in [0.717, 1.165) is 4.31 Å². The fourth-order valence-corrected chi connectivity index (χ4v) is 3.03. The zero-order valence-corrected chi connectivity index (χ0v) is 12.3. The van der Waals surface area contributed by atoms with Crippen LogP contribution in [0.4, 0.5) is 0 Å². The Morgan fingerprint density at radius 1 is 1.50 bits per heavy atom. The summed E-state index contributed by atoms with van der Waals surface area (Å²) in [5.41, 5.74) is -1.08. The van der Waals surface area contributed by atoms with Crippen LogP contribution >= 0.6 is 0 Å². The minimum Gasteiger partial charge on any atom is -0.389 e. The van der Waals surface area contributed by atoms with Crippen LogP contribution in [0.2, 0.25) is 0 Å². The van der Waals surface area contributed by atoms with Crippen molar-refractivity contribution in [2.45, 2.75) is 44.9 Å². The second-order valence-corrected chi connectivity index (χ2v) is 6.98. The van der Waals surface area contributed by atoms with Gasteiger partial charge in [-0.25, -0.2) is 13.4 Å². The number of sulfonamides is 1. The van der Waals surface area contributed by atoms with Crippen molar-refractivity contribution in [2.24, 2.45) is 0 Å². The summed E-state index contributed by atoms with van der Waals surface area (Å²) in [7, 11) is -2.20. The first-order valence-corrected chi connectivity index (χ1v) is 7.24. The lowest BCUT2D eigenvalue weighted by Gasteiger charge is -2.24. The molecule has 7 heteroatoms. The van der Waals surface area contributed by atoms with Crippen LogP contribution in [0.15, 0.2) is 11.2 Å². The molecule has 0 atom stereocenters. The van der Waals surface area contributed by atoms with Crippen LogP contribution in [0.5, 0.6) is 0 Å². The Balaban J connectivity index is 3.05. The molecule has 0 aromatic carbocycles. The van der Waals surface area contributed by atoms with E-state index in [1.165, 1.54) is 13.2 Å². The molecule has 0 unspecified atom stereocenters. The van der Waals surface area contributed by atoms with Crippen LogP contribution in [0, 0.1) is 6.92 Å². The maximum atomic E-state index is 12.2. The lowest BCUT2D eigenvalue weighted by molar-refractivity contribution is 0.0639. The van der Waals surface area contributed by atoms with E-state index in [4.69, 9.17) is 0 Å². The molecule has 0 radical (unpaired) electrons. The molecule has 0 aliphatic rings. The van der Waals surface area contributed by atoms with Crippen LogP contribution < -0.4 is 0 Å². The molecule has 0 aliphatic carbocycles. The van der Waals surface area contributed by atoms with Gasteiger partial charge in [0.2, 0.25) is 0 Å². The van der Waals surface area contributed by atoms with Gasteiger partial charge in [0.15, 0.2) is 5.03 Å². The Labute approximate surface area is 108 Å². The number of aliphatic hydroxyl groups is 1. The zero-order valence-electron chi connectivity index (χ0n) is 11.5. The minimum absolute atomic E-state index is 0.0212. The number of likely N-dealkylation sites (N-methyl/N-ethyl adjacent to an activating group) is 1. The predicted octanol–water partition coefficient (Wildman–Crippen LogP) is 0.603. The van der Waals surface area contributed by atoms with Gasteiger partial charge in [0.1, 0.15) is 5.82 Å². The molecule has 0 saturated heterocycles. The average molecular weight is 275 g/mol. The van der Waals surface area contributed by atoms with Crippen molar-refractivity contribution in [3.05, 3.63) is 12.0 Å². The number of aromatic nitrogens is 2. The maximum absolute atomic E-state index is 12.2. The smallest absolute Gasteiger partial charge is 0.261 e. The number of rotatable bonds is 5. The average Bonchev–Trinajstić information content (AvgIpc) is 2.57. The Kier molecular flexibility index (Phi) is 4.19. The van der Waals surface area contributed by atoms with Gasteiger partial charge in [-0.2, -0.15) is 4.31 Å². The van der Waals surface area contributed by atoms with Crippen LogP contribution in [-0.4, -0.2) is 46.6 Å². The van der Waals surface area contributed by atoms with E-state index in [1.807, 2.05) is 6.92 Å². The first-order valence-electron chi connectivity index (χ1n) is 5.80. The SMILES string of the molecule is CCn1cc(S(=O)(=O)N(C)CC(C)(C)O)nc1C. The molecule has 1 aromatic heterocycles. The van der Waals surface area contributed by atoms with Crippen LogP contribution in [0.25, 0.3) is 0 Å². The summed E-state index contributed by atoms with van der Waals surface area (Å²) >= 11 is 0. The highest BCUT2D eigenvalue weighted by molar-refractivity contribution is 7.89. The van der Waals surface area contributed by atoms with Gasteiger partial charge in [0.25, 0.3) is 10.0 Å². The van der Waals surface area contributed by atoms with E-state index >= 15 is 0 Å². The standard InChI is InChI=1S/C11H21N3O3S/c1-6-14-7-10(12-9(14)2)18(16,17)13(5)8-11(3,4)15/h7,15H,6,8H2,1-5H3. The molecule has 0 amide bonds. The van der Waals surface area contributed by atoms with Crippen molar-refractivity contribution >= 4 is 10.0 Å². The number of nitrogens with zero attached hydrogens (tertiary/aromatic N) is 3. The number of imidazole rings is 1. The summed E-state index contributed by atoms with van der Waals surface area (Å²) in [6.45, 7) is 7.50. The van der Waals surface area contributed by atoms with Gasteiger partial charge in [-0.05, 0) is 27.7 Å². The van der Waals surface area contributed by atoms with Crippen LogP contribution in [0.3, 0.4) is 0 Å². The molecule has 1 rings (SSSR count). The molecular formula is C11H21N3O3S. The van der Waals surface area contributed by atoms with Gasteiger partial charge in [-0.1, -0.05) is 0 Å². The topological polar surface area (TPSA) is 75.4 Å². The molecule has 0 saturated carbocycles. The number of hydrogen-bond donors (Lipinski definition) is 1. The van der Waals surface area contributed by atoms with Gasteiger partial charge in [0, 0.05) is 26.3 Å². The van der Waals surface area contributed by atoms with Crippen LogP contribution in [-0.2, 0) is 16.6 Å². The van der Waals surface area contributed by atoms with Crippen LogP contribution in [0.1, 0.15) is 26.6 Å². The number of aryl methyl sites for hydroxylation is 2. The molecule has 1 N–H and O–H groups in total. The lowest BCUT2D eigenvalue weighted by atomic mass is 10.1. The Morgan fingerprint density at radius 3 is 2.44 bits per heavy atom. The first kappa shape index (κ1) is 15.1. The van der Waals surface area contributed by atoms with E-state index in [9.17, 15) is 13.5 Å². The molecular weight excluding hydrogens is 254 g/mol. The highest BCUT2D eigenvalue weighted by Crippen LogP contribution is 2.16. The third-order valence-corrected chi connectivity index (χ3v) is 4.25. The lowest BCUT2D eigenvalue weighted by Crippen LogP contribution is -2.39. The third kappa shape index (κ3) is 3.30. The van der Waals surface area contributed by atoms with Crippen molar-refractivity contribution in [1.82, 2.24) is 13.9 Å². The highest BCUT2D eigenvalue weighted by atomic mass is 32.2. The van der Waals surface area contributed by atoms with Crippen molar-refractivity contribution in [3.8, 4) is 0 Å². The largest absolute Gasteiger partial charge is 0.389 e. The maximum Gasteiger partial charge on any atom is 0.261 e. The van der Waals surface area contributed by atoms with Crippen molar-refractivity contribution < 1.29 is 13.5 Å². The molecule has 0 fully saturated rings. The summed E-state index contributed by atoms with van der Waals surface area (Å²) < 4.78 is 27.3. The summed E-state index contributed by atoms with van der Waals surface area (Å²) in [4.78, 5) is 4.06. The quantitative estimate of drug-likeness (QED) is 0.854. The van der Waals surface area contributed by atoms with Gasteiger partial charge < -0.3 is 9.67 Å². The molecule has 18 heavy (non-hydrogen) atoms. The fourth-order valence-electron chi connectivity index (χ4n) is 1.71. The van der Waals surface area contributed by atoms with Gasteiger partial charge in [-0.15, -0.1) is 0 Å². The summed E-state index contributed by atoms with van der Waals surface area (Å²) in [6.07, 6.45) is 1.52. The van der Waals surface area contributed by atoms with E-state index < -0.39 is 15.6 Å². The monoisotopic (exact) mass is 275 g/mol. The molecule has 0 spiro atoms. The summed E-state index contributed by atoms with van der Waals surface area (Å²) in [6, 6.07) is 0. The van der Waals surface area contributed by atoms with Gasteiger partial charge >= 0.3 is 0 Å². The second-order valence-electron chi connectivity index (χ2n) is 4.99.